The van der Waals surface area contributed by atoms with Crippen molar-refractivity contribution in [3.63, 3.8) is 0 Å². The van der Waals surface area contributed by atoms with E-state index in [1.165, 1.54) is 7.11 Å². The van der Waals surface area contributed by atoms with Crippen molar-refractivity contribution in [2.75, 3.05) is 20.3 Å². The van der Waals surface area contributed by atoms with E-state index >= 15 is 0 Å². The minimum absolute atomic E-state index is 0.166. The molecule has 4 heteroatoms. The van der Waals surface area contributed by atoms with Gasteiger partial charge < -0.3 is 15.2 Å². The largest absolute Gasteiger partial charge is 0.464 e. The van der Waals surface area contributed by atoms with Crippen LogP contribution < -0.4 is 5.73 Å². The van der Waals surface area contributed by atoms with Gasteiger partial charge in [-0.05, 0) is 6.42 Å². The summed E-state index contributed by atoms with van der Waals surface area (Å²) >= 11 is 0. The molecular weight excluding hydrogens is 146 g/mol. The molecule has 0 aliphatic rings. The van der Waals surface area contributed by atoms with E-state index in [1.54, 1.807) is 0 Å². The SMILES string of the molecule is CCCOC(=O)C(CN)OC. The fourth-order valence-electron chi connectivity index (χ4n) is 0.584. The molecular formula is C7H15NO3. The van der Waals surface area contributed by atoms with Crippen molar-refractivity contribution in [3.05, 3.63) is 0 Å². The van der Waals surface area contributed by atoms with Gasteiger partial charge in [-0.2, -0.15) is 0 Å². The molecule has 0 saturated carbocycles. The molecule has 1 atom stereocenters. The van der Waals surface area contributed by atoms with Gasteiger partial charge >= 0.3 is 5.97 Å². The third-order valence-electron chi connectivity index (χ3n) is 1.21. The van der Waals surface area contributed by atoms with Crippen molar-refractivity contribution in [3.8, 4) is 0 Å². The van der Waals surface area contributed by atoms with E-state index in [9.17, 15) is 4.79 Å². The summed E-state index contributed by atoms with van der Waals surface area (Å²) in [6.07, 6.45) is 0.203. The molecule has 0 saturated heterocycles. The van der Waals surface area contributed by atoms with Gasteiger partial charge in [0, 0.05) is 13.7 Å². The molecule has 0 amide bonds. The fraction of sp³-hybridized carbons (Fsp3) is 0.857. The number of hydrogen-bond acceptors (Lipinski definition) is 4. The van der Waals surface area contributed by atoms with Crippen LogP contribution >= 0.6 is 0 Å². The molecule has 0 aromatic carbocycles. The number of carbonyl (C=O) groups is 1. The third-order valence-corrected chi connectivity index (χ3v) is 1.21. The Hall–Kier alpha value is -0.610. The highest BCUT2D eigenvalue weighted by molar-refractivity contribution is 5.74. The van der Waals surface area contributed by atoms with E-state index in [2.05, 4.69) is 0 Å². The first-order valence-electron chi connectivity index (χ1n) is 3.65. The highest BCUT2D eigenvalue weighted by Gasteiger charge is 2.16. The van der Waals surface area contributed by atoms with Crippen LogP contribution in [0.2, 0.25) is 0 Å². The number of carbonyl (C=O) groups excluding carboxylic acids is 1. The van der Waals surface area contributed by atoms with Crippen LogP contribution in [-0.4, -0.2) is 32.3 Å². The Morgan fingerprint density at radius 1 is 1.64 bits per heavy atom. The minimum Gasteiger partial charge on any atom is -0.464 e. The van der Waals surface area contributed by atoms with Crippen molar-refractivity contribution in [1.82, 2.24) is 0 Å². The topological polar surface area (TPSA) is 61.5 Å². The molecule has 4 nitrogen and oxygen atoms in total. The van der Waals surface area contributed by atoms with Crippen LogP contribution in [-0.2, 0) is 14.3 Å². The highest BCUT2D eigenvalue weighted by Crippen LogP contribution is 1.92. The molecule has 0 heterocycles. The Morgan fingerprint density at radius 3 is 2.64 bits per heavy atom. The van der Waals surface area contributed by atoms with Gasteiger partial charge in [0.1, 0.15) is 0 Å². The number of methoxy groups -OCH3 is 1. The zero-order valence-electron chi connectivity index (χ0n) is 7.00. The van der Waals surface area contributed by atoms with E-state index in [0.717, 1.165) is 6.42 Å². The lowest BCUT2D eigenvalue weighted by Gasteiger charge is -2.10. The molecule has 2 N–H and O–H groups in total. The molecule has 0 aliphatic heterocycles. The van der Waals surface area contributed by atoms with Crippen LogP contribution in [0.5, 0.6) is 0 Å². The molecule has 0 rings (SSSR count). The summed E-state index contributed by atoms with van der Waals surface area (Å²) in [5, 5.41) is 0. The van der Waals surface area contributed by atoms with Crippen LogP contribution in [0.3, 0.4) is 0 Å². The quantitative estimate of drug-likeness (QED) is 0.572. The average molecular weight is 161 g/mol. The van der Waals surface area contributed by atoms with Crippen LogP contribution in [0, 0.1) is 0 Å². The van der Waals surface area contributed by atoms with Gasteiger partial charge in [0.15, 0.2) is 6.10 Å². The number of rotatable bonds is 5. The Morgan fingerprint density at radius 2 is 2.27 bits per heavy atom. The number of ether oxygens (including phenoxy) is 2. The summed E-state index contributed by atoms with van der Waals surface area (Å²) in [4.78, 5) is 10.9. The summed E-state index contributed by atoms with van der Waals surface area (Å²) in [7, 11) is 1.44. The monoisotopic (exact) mass is 161 g/mol. The van der Waals surface area contributed by atoms with E-state index < -0.39 is 6.10 Å². The molecule has 1 unspecified atom stereocenters. The fourth-order valence-corrected chi connectivity index (χ4v) is 0.584. The average Bonchev–Trinajstić information content (AvgIpc) is 2.03. The predicted octanol–water partition coefficient (Wildman–Crippen LogP) is -0.0867. The van der Waals surface area contributed by atoms with Gasteiger partial charge in [-0.3, -0.25) is 0 Å². The van der Waals surface area contributed by atoms with Crippen molar-refractivity contribution in [2.24, 2.45) is 5.73 Å². The molecule has 0 aromatic rings. The lowest BCUT2D eigenvalue weighted by molar-refractivity contribution is -0.154. The normalized spacial score (nSPS) is 12.6. The number of esters is 1. The van der Waals surface area contributed by atoms with E-state index in [4.69, 9.17) is 15.2 Å². The lowest BCUT2D eigenvalue weighted by atomic mass is 10.3. The van der Waals surface area contributed by atoms with Crippen LogP contribution in [0.4, 0.5) is 0 Å². The first-order chi connectivity index (χ1) is 5.26. The molecule has 0 fully saturated rings. The van der Waals surface area contributed by atoms with Gasteiger partial charge in [0.05, 0.1) is 6.61 Å². The van der Waals surface area contributed by atoms with Gasteiger partial charge in [-0.1, -0.05) is 6.92 Å². The molecule has 0 aliphatic carbocycles. The molecule has 0 aromatic heterocycles. The molecule has 0 spiro atoms. The molecule has 66 valence electrons. The maximum Gasteiger partial charge on any atom is 0.336 e. The van der Waals surface area contributed by atoms with Gasteiger partial charge in [-0.15, -0.1) is 0 Å². The summed E-state index contributed by atoms with van der Waals surface area (Å²) in [6.45, 7) is 2.52. The van der Waals surface area contributed by atoms with Crippen molar-refractivity contribution in [1.29, 1.82) is 0 Å². The number of nitrogens with two attached hydrogens (primary N) is 1. The smallest absolute Gasteiger partial charge is 0.336 e. The maximum absolute atomic E-state index is 10.9. The Kier molecular flexibility index (Phi) is 5.78. The number of hydrogen-bond donors (Lipinski definition) is 1. The second kappa shape index (κ2) is 6.12. The summed E-state index contributed by atoms with van der Waals surface area (Å²) < 4.78 is 9.55. The molecule has 11 heavy (non-hydrogen) atoms. The van der Waals surface area contributed by atoms with Gasteiger partial charge in [0.2, 0.25) is 0 Å². The van der Waals surface area contributed by atoms with Crippen molar-refractivity contribution >= 4 is 5.97 Å². The van der Waals surface area contributed by atoms with Crippen molar-refractivity contribution in [2.45, 2.75) is 19.4 Å². The maximum atomic E-state index is 10.9. The van der Waals surface area contributed by atoms with E-state index in [-0.39, 0.29) is 12.5 Å². The standard InChI is InChI=1S/C7H15NO3/c1-3-4-11-7(9)6(5-8)10-2/h6H,3-5,8H2,1-2H3. The van der Waals surface area contributed by atoms with Gasteiger partial charge in [0.25, 0.3) is 0 Å². The Balaban J connectivity index is 3.61. The van der Waals surface area contributed by atoms with E-state index in [0.29, 0.717) is 6.61 Å². The van der Waals surface area contributed by atoms with Gasteiger partial charge in [-0.25, -0.2) is 4.79 Å². The summed E-state index contributed by atoms with van der Waals surface area (Å²) in [6, 6.07) is 0. The minimum atomic E-state index is -0.610. The first kappa shape index (κ1) is 10.4. The Bertz CT molecular complexity index is 112. The summed E-state index contributed by atoms with van der Waals surface area (Å²) in [5.41, 5.74) is 5.23. The molecule has 0 radical (unpaired) electrons. The zero-order valence-corrected chi connectivity index (χ0v) is 7.00. The Labute approximate surface area is 66.7 Å². The van der Waals surface area contributed by atoms with Crippen LogP contribution in [0.15, 0.2) is 0 Å². The summed E-state index contributed by atoms with van der Waals surface area (Å²) in [5.74, 6) is -0.378. The first-order valence-corrected chi connectivity index (χ1v) is 3.65. The van der Waals surface area contributed by atoms with Crippen LogP contribution in [0.25, 0.3) is 0 Å². The zero-order chi connectivity index (χ0) is 8.69. The van der Waals surface area contributed by atoms with Crippen molar-refractivity contribution < 1.29 is 14.3 Å². The lowest BCUT2D eigenvalue weighted by Crippen LogP contribution is -2.33. The highest BCUT2D eigenvalue weighted by atomic mass is 16.6. The molecule has 0 bridgehead atoms. The van der Waals surface area contributed by atoms with Crippen LogP contribution in [0.1, 0.15) is 13.3 Å². The third kappa shape index (κ3) is 3.95. The van der Waals surface area contributed by atoms with E-state index in [1.807, 2.05) is 6.92 Å². The predicted molar refractivity (Wildman–Crippen MR) is 41.1 cm³/mol. The second-order valence-electron chi connectivity index (χ2n) is 2.13. The second-order valence-corrected chi connectivity index (χ2v) is 2.13.